The highest BCUT2D eigenvalue weighted by molar-refractivity contribution is 6.30. The summed E-state index contributed by atoms with van der Waals surface area (Å²) in [6.45, 7) is 0. The average molecular weight is 274 g/mol. The molecule has 0 aliphatic rings. The van der Waals surface area contributed by atoms with E-state index in [1.165, 1.54) is 12.1 Å². The molecule has 2 rings (SSSR count). The number of aromatic nitrogens is 1. The van der Waals surface area contributed by atoms with Crippen LogP contribution in [0.4, 0.5) is 13.2 Å². The predicted octanol–water partition coefficient (Wildman–Crippen LogP) is 3.51. The third kappa shape index (κ3) is 2.41. The number of halogens is 4. The zero-order valence-electron chi connectivity index (χ0n) is 8.91. The second kappa shape index (κ2) is 4.49. The molecule has 0 N–H and O–H groups in total. The average Bonchev–Trinajstić information content (AvgIpc) is 2.32. The predicted molar refractivity (Wildman–Crippen MR) is 62.1 cm³/mol. The number of benzene rings is 1. The van der Waals surface area contributed by atoms with Gasteiger partial charge in [-0.25, -0.2) is 0 Å². The Morgan fingerprint density at radius 1 is 1.11 bits per heavy atom. The van der Waals surface area contributed by atoms with Crippen molar-refractivity contribution in [2.24, 2.45) is 0 Å². The molecule has 0 saturated heterocycles. The molecule has 6 heteroatoms. The molecule has 0 aliphatic heterocycles. The molecule has 18 heavy (non-hydrogen) atoms. The van der Waals surface area contributed by atoms with Crippen LogP contribution in [0.2, 0.25) is 5.02 Å². The van der Waals surface area contributed by atoms with Gasteiger partial charge in [0, 0.05) is 11.9 Å². The zero-order valence-corrected chi connectivity index (χ0v) is 9.66. The summed E-state index contributed by atoms with van der Waals surface area (Å²) in [4.78, 5) is 11.7. The highest BCUT2D eigenvalue weighted by atomic mass is 35.5. The first-order chi connectivity index (χ1) is 8.39. The smallest absolute Gasteiger partial charge is 0.282 e. The summed E-state index contributed by atoms with van der Waals surface area (Å²) in [6.07, 6.45) is -3.81. The van der Waals surface area contributed by atoms with Crippen LogP contribution in [0.1, 0.15) is 5.56 Å². The van der Waals surface area contributed by atoms with Crippen molar-refractivity contribution in [1.82, 2.24) is 4.57 Å². The van der Waals surface area contributed by atoms with Crippen molar-refractivity contribution >= 4 is 11.6 Å². The highest BCUT2D eigenvalue weighted by Gasteiger charge is 2.32. The summed E-state index contributed by atoms with van der Waals surface area (Å²) in [5.74, 6) is 0. The topological polar surface area (TPSA) is 22.0 Å². The molecule has 0 aliphatic carbocycles. The van der Waals surface area contributed by atoms with Gasteiger partial charge in [0.2, 0.25) is 0 Å². The lowest BCUT2D eigenvalue weighted by Crippen LogP contribution is -2.21. The third-order valence-corrected chi connectivity index (χ3v) is 2.61. The first kappa shape index (κ1) is 12.7. The second-order valence-electron chi connectivity index (χ2n) is 3.59. The van der Waals surface area contributed by atoms with Crippen LogP contribution in [0.15, 0.2) is 47.4 Å². The third-order valence-electron chi connectivity index (χ3n) is 2.34. The molecule has 0 spiro atoms. The van der Waals surface area contributed by atoms with E-state index < -0.39 is 22.3 Å². The van der Waals surface area contributed by atoms with Crippen LogP contribution in [-0.4, -0.2) is 4.57 Å². The van der Waals surface area contributed by atoms with Crippen LogP contribution < -0.4 is 5.56 Å². The van der Waals surface area contributed by atoms with Gasteiger partial charge >= 0.3 is 6.18 Å². The number of nitrogens with zero attached hydrogens (tertiary/aromatic N) is 1. The van der Waals surface area contributed by atoms with Crippen LogP contribution in [-0.2, 0) is 6.18 Å². The summed E-state index contributed by atoms with van der Waals surface area (Å²) in [6, 6.07) is 8.62. The zero-order chi connectivity index (χ0) is 13.3. The standard InChI is InChI=1S/C12H7ClF3NO/c13-10-6-8(12(14,15)16)7-17(11(10)18)9-4-2-1-3-5-9/h1-7H. The minimum atomic E-state index is -4.55. The van der Waals surface area contributed by atoms with Gasteiger partial charge in [-0.15, -0.1) is 0 Å². The van der Waals surface area contributed by atoms with Gasteiger partial charge in [0.25, 0.3) is 5.56 Å². The SMILES string of the molecule is O=c1c(Cl)cc(C(F)(F)F)cn1-c1ccccc1. The summed E-state index contributed by atoms with van der Waals surface area (Å²) < 4.78 is 38.7. The van der Waals surface area contributed by atoms with E-state index in [9.17, 15) is 18.0 Å². The van der Waals surface area contributed by atoms with Gasteiger partial charge in [0.1, 0.15) is 5.02 Å². The summed E-state index contributed by atoms with van der Waals surface area (Å²) in [5.41, 5.74) is -1.32. The Balaban J connectivity index is 2.68. The van der Waals surface area contributed by atoms with Crippen molar-refractivity contribution in [3.63, 3.8) is 0 Å². The van der Waals surface area contributed by atoms with Gasteiger partial charge < -0.3 is 0 Å². The van der Waals surface area contributed by atoms with Gasteiger partial charge in [-0.1, -0.05) is 29.8 Å². The molecule has 0 bridgehead atoms. The van der Waals surface area contributed by atoms with E-state index in [0.29, 0.717) is 11.8 Å². The number of pyridine rings is 1. The fraction of sp³-hybridized carbons (Fsp3) is 0.0833. The summed E-state index contributed by atoms with van der Waals surface area (Å²) >= 11 is 5.54. The Labute approximate surface area is 105 Å². The van der Waals surface area contributed by atoms with E-state index in [0.717, 1.165) is 10.8 Å². The van der Waals surface area contributed by atoms with Crippen LogP contribution in [0.3, 0.4) is 0 Å². The molecule has 0 radical (unpaired) electrons. The van der Waals surface area contributed by atoms with Crippen molar-refractivity contribution in [2.45, 2.75) is 6.18 Å². The number of para-hydroxylation sites is 1. The molecule has 1 heterocycles. The minimum absolute atomic E-state index is 0.329. The van der Waals surface area contributed by atoms with Crippen molar-refractivity contribution in [1.29, 1.82) is 0 Å². The molecule has 0 unspecified atom stereocenters. The molecular weight excluding hydrogens is 267 g/mol. The Hall–Kier alpha value is -1.75. The van der Waals surface area contributed by atoms with Gasteiger partial charge in [0.15, 0.2) is 0 Å². The molecule has 94 valence electrons. The molecular formula is C12H7ClF3NO. The molecule has 0 fully saturated rings. The van der Waals surface area contributed by atoms with E-state index >= 15 is 0 Å². The van der Waals surface area contributed by atoms with Gasteiger partial charge in [0.05, 0.1) is 5.56 Å². The van der Waals surface area contributed by atoms with Crippen molar-refractivity contribution in [3.05, 3.63) is 63.5 Å². The fourth-order valence-electron chi connectivity index (χ4n) is 1.48. The lowest BCUT2D eigenvalue weighted by Gasteiger charge is -2.11. The first-order valence-electron chi connectivity index (χ1n) is 4.94. The first-order valence-corrected chi connectivity index (χ1v) is 5.32. The number of hydrogen-bond acceptors (Lipinski definition) is 1. The maximum atomic E-state index is 12.6. The van der Waals surface area contributed by atoms with Gasteiger partial charge in [-0.05, 0) is 18.2 Å². The minimum Gasteiger partial charge on any atom is -0.282 e. The summed E-state index contributed by atoms with van der Waals surface area (Å²) in [7, 11) is 0. The molecule has 0 amide bonds. The Morgan fingerprint density at radius 2 is 1.72 bits per heavy atom. The van der Waals surface area contributed by atoms with Crippen LogP contribution in [0.25, 0.3) is 5.69 Å². The molecule has 2 nitrogen and oxygen atoms in total. The van der Waals surface area contributed by atoms with Crippen molar-refractivity contribution in [3.8, 4) is 5.69 Å². The Morgan fingerprint density at radius 3 is 2.28 bits per heavy atom. The molecule has 2 aromatic rings. The van der Waals surface area contributed by atoms with E-state index in [-0.39, 0.29) is 0 Å². The van der Waals surface area contributed by atoms with E-state index in [4.69, 9.17) is 11.6 Å². The monoisotopic (exact) mass is 273 g/mol. The van der Waals surface area contributed by atoms with E-state index in [1.54, 1.807) is 18.2 Å². The van der Waals surface area contributed by atoms with E-state index in [1.807, 2.05) is 0 Å². The Bertz CT molecular complexity index is 619. The quantitative estimate of drug-likeness (QED) is 0.779. The molecule has 0 atom stereocenters. The van der Waals surface area contributed by atoms with Gasteiger partial charge in [-0.3, -0.25) is 9.36 Å². The summed E-state index contributed by atoms with van der Waals surface area (Å²) in [5, 5.41) is -0.464. The van der Waals surface area contributed by atoms with Crippen molar-refractivity contribution in [2.75, 3.05) is 0 Å². The fourth-order valence-corrected chi connectivity index (χ4v) is 1.69. The number of alkyl halides is 3. The maximum Gasteiger partial charge on any atom is 0.417 e. The van der Waals surface area contributed by atoms with Crippen LogP contribution in [0, 0.1) is 0 Å². The highest BCUT2D eigenvalue weighted by Crippen LogP contribution is 2.30. The number of rotatable bonds is 1. The Kier molecular flexibility index (Phi) is 3.17. The number of hydrogen-bond donors (Lipinski definition) is 0. The van der Waals surface area contributed by atoms with Gasteiger partial charge in [-0.2, -0.15) is 13.2 Å². The normalized spacial score (nSPS) is 11.6. The van der Waals surface area contributed by atoms with E-state index in [2.05, 4.69) is 0 Å². The van der Waals surface area contributed by atoms with Crippen LogP contribution in [0.5, 0.6) is 0 Å². The largest absolute Gasteiger partial charge is 0.417 e. The molecule has 1 aromatic carbocycles. The lowest BCUT2D eigenvalue weighted by molar-refractivity contribution is -0.138. The second-order valence-corrected chi connectivity index (χ2v) is 3.99. The van der Waals surface area contributed by atoms with Crippen molar-refractivity contribution < 1.29 is 13.2 Å². The molecule has 0 saturated carbocycles. The lowest BCUT2D eigenvalue weighted by atomic mass is 10.2. The van der Waals surface area contributed by atoms with Crippen LogP contribution >= 0.6 is 11.6 Å². The maximum absolute atomic E-state index is 12.6. The molecule has 1 aromatic heterocycles.